The monoisotopic (exact) mass is 347 g/mol. The minimum Gasteiger partial charge on any atom is -0.309 e. The molecule has 7 heteroatoms. The third-order valence-corrected chi connectivity index (χ3v) is 4.72. The number of rotatable bonds is 6. The summed E-state index contributed by atoms with van der Waals surface area (Å²) < 4.78 is 2.18. The van der Waals surface area contributed by atoms with Crippen LogP contribution in [-0.2, 0) is 13.2 Å². The number of nitrogens with zero attached hydrogens (tertiary/aromatic N) is 3. The van der Waals surface area contributed by atoms with Crippen LogP contribution >= 0.6 is 22.9 Å². The van der Waals surface area contributed by atoms with Crippen molar-refractivity contribution >= 4 is 33.8 Å². The van der Waals surface area contributed by atoms with Gasteiger partial charge in [0.15, 0.2) is 6.67 Å². The second-order valence-electron chi connectivity index (χ2n) is 5.19. The van der Waals surface area contributed by atoms with Gasteiger partial charge in [0, 0.05) is 0 Å². The third kappa shape index (κ3) is 3.67. The van der Waals surface area contributed by atoms with E-state index in [0.717, 1.165) is 27.2 Å². The van der Waals surface area contributed by atoms with Crippen molar-refractivity contribution in [1.29, 1.82) is 0 Å². The summed E-state index contributed by atoms with van der Waals surface area (Å²) in [5.41, 5.74) is 0.491. The van der Waals surface area contributed by atoms with Crippen molar-refractivity contribution in [3.63, 3.8) is 0 Å². The molecule has 0 aliphatic heterocycles. The van der Waals surface area contributed by atoms with Gasteiger partial charge in [-0.05, 0) is 30.3 Å². The van der Waals surface area contributed by atoms with Crippen LogP contribution in [0.3, 0.4) is 0 Å². The van der Waals surface area contributed by atoms with Crippen molar-refractivity contribution in [2.75, 3.05) is 6.54 Å². The van der Waals surface area contributed by atoms with E-state index in [-0.39, 0.29) is 5.56 Å². The fourth-order valence-corrected chi connectivity index (χ4v) is 3.59. The lowest BCUT2D eigenvalue weighted by Crippen LogP contribution is -3.10. The maximum Gasteiger partial charge on any atom is 0.282 e. The van der Waals surface area contributed by atoms with E-state index in [9.17, 15) is 4.79 Å². The molecule has 0 bridgehead atoms. The molecule has 1 unspecified atom stereocenters. The minimum atomic E-state index is -0.124. The van der Waals surface area contributed by atoms with Crippen LogP contribution in [0.5, 0.6) is 0 Å². The quantitative estimate of drug-likeness (QED) is 0.691. The Labute approximate surface area is 142 Å². The highest BCUT2D eigenvalue weighted by atomic mass is 35.5. The molecule has 23 heavy (non-hydrogen) atoms. The van der Waals surface area contributed by atoms with Crippen molar-refractivity contribution < 1.29 is 4.90 Å². The zero-order chi connectivity index (χ0) is 16.2. The Morgan fingerprint density at radius 2 is 2.13 bits per heavy atom. The normalized spacial score (nSPS) is 12.4. The minimum absolute atomic E-state index is 0.124. The fourth-order valence-electron chi connectivity index (χ4n) is 2.43. The number of fused-ring (bicyclic) bond motifs is 1. The van der Waals surface area contributed by atoms with Gasteiger partial charge in [-0.25, -0.2) is 0 Å². The second-order valence-corrected chi connectivity index (χ2v) is 6.99. The highest BCUT2D eigenvalue weighted by Crippen LogP contribution is 2.20. The Morgan fingerprint density at radius 3 is 2.87 bits per heavy atom. The van der Waals surface area contributed by atoms with E-state index < -0.39 is 0 Å². The zero-order valence-electron chi connectivity index (χ0n) is 12.4. The van der Waals surface area contributed by atoms with Gasteiger partial charge in [-0.15, -0.1) is 16.4 Å². The number of nitrogens with one attached hydrogen (secondary N) is 1. The number of thiophene rings is 1. The Morgan fingerprint density at radius 1 is 1.30 bits per heavy atom. The highest BCUT2D eigenvalue weighted by molar-refractivity contribution is 7.16. The number of aromatic nitrogens is 3. The summed E-state index contributed by atoms with van der Waals surface area (Å²) in [5.74, 6) is 0. The fraction of sp³-hybridized carbons (Fsp3) is 0.188. The standard InChI is InChI=1S/C16H15ClN4OS/c1-2-9-20(10-12-7-8-15(17)23-12)11-21-16(22)13-5-3-4-6-14(13)18-19-21/h2-8H,1,9-11H2/p+1. The largest absolute Gasteiger partial charge is 0.309 e. The molecule has 0 radical (unpaired) electrons. The van der Waals surface area contributed by atoms with Crippen molar-refractivity contribution in [1.82, 2.24) is 15.0 Å². The maximum atomic E-state index is 12.5. The van der Waals surface area contributed by atoms with Crippen LogP contribution in [0.1, 0.15) is 4.88 Å². The maximum absolute atomic E-state index is 12.5. The molecule has 1 atom stereocenters. The Balaban J connectivity index is 1.86. The van der Waals surface area contributed by atoms with Crippen molar-refractivity contribution in [2.24, 2.45) is 0 Å². The molecular weight excluding hydrogens is 332 g/mol. The Kier molecular flexibility index (Phi) is 4.85. The summed E-state index contributed by atoms with van der Waals surface area (Å²) in [5, 5.41) is 8.76. The van der Waals surface area contributed by atoms with Crippen LogP contribution in [0, 0.1) is 0 Å². The number of halogens is 1. The van der Waals surface area contributed by atoms with Crippen LogP contribution in [0.2, 0.25) is 4.34 Å². The van der Waals surface area contributed by atoms with Crippen molar-refractivity contribution in [2.45, 2.75) is 13.2 Å². The topological polar surface area (TPSA) is 52.2 Å². The van der Waals surface area contributed by atoms with Crippen LogP contribution in [0.4, 0.5) is 0 Å². The van der Waals surface area contributed by atoms with Crippen LogP contribution in [0.25, 0.3) is 10.9 Å². The van der Waals surface area contributed by atoms with E-state index in [0.29, 0.717) is 17.6 Å². The summed E-state index contributed by atoms with van der Waals surface area (Å²) in [6.07, 6.45) is 1.84. The first-order chi connectivity index (χ1) is 11.2. The molecule has 0 saturated heterocycles. The average molecular weight is 348 g/mol. The van der Waals surface area contributed by atoms with Gasteiger partial charge in [0.2, 0.25) is 0 Å². The first kappa shape index (κ1) is 15.9. The molecular formula is C16H16ClN4OS+. The van der Waals surface area contributed by atoms with E-state index >= 15 is 0 Å². The Hall–Kier alpha value is -2.02. The SMILES string of the molecule is C=CC[NH+](Cc1ccc(Cl)s1)Cn1nnc2ccccc2c1=O. The second kappa shape index (κ2) is 7.04. The summed E-state index contributed by atoms with van der Waals surface area (Å²) in [6, 6.07) is 11.1. The molecule has 0 saturated carbocycles. The lowest BCUT2D eigenvalue weighted by molar-refractivity contribution is -0.931. The van der Waals surface area contributed by atoms with Gasteiger partial charge in [-0.2, -0.15) is 4.68 Å². The lowest BCUT2D eigenvalue weighted by Gasteiger charge is -2.17. The van der Waals surface area contributed by atoms with Crippen LogP contribution in [-0.4, -0.2) is 21.5 Å². The molecule has 1 aromatic carbocycles. The van der Waals surface area contributed by atoms with Gasteiger partial charge >= 0.3 is 0 Å². The Bertz CT molecular complexity index is 889. The lowest BCUT2D eigenvalue weighted by atomic mass is 10.2. The predicted molar refractivity (Wildman–Crippen MR) is 92.9 cm³/mol. The van der Waals surface area contributed by atoms with E-state index in [4.69, 9.17) is 11.6 Å². The van der Waals surface area contributed by atoms with Crippen molar-refractivity contribution in [3.05, 3.63) is 68.6 Å². The molecule has 0 fully saturated rings. The average Bonchev–Trinajstić information content (AvgIpc) is 2.95. The molecule has 118 valence electrons. The molecule has 0 aliphatic rings. The molecule has 0 aliphatic carbocycles. The molecule has 5 nitrogen and oxygen atoms in total. The van der Waals surface area contributed by atoms with Crippen molar-refractivity contribution in [3.8, 4) is 0 Å². The van der Waals surface area contributed by atoms with Gasteiger partial charge in [0.1, 0.15) is 12.1 Å². The first-order valence-electron chi connectivity index (χ1n) is 7.18. The molecule has 3 aromatic rings. The highest BCUT2D eigenvalue weighted by Gasteiger charge is 2.14. The van der Waals surface area contributed by atoms with E-state index in [2.05, 4.69) is 16.9 Å². The number of hydrogen-bond acceptors (Lipinski definition) is 4. The van der Waals surface area contributed by atoms with Gasteiger partial charge in [0.05, 0.1) is 21.1 Å². The summed E-state index contributed by atoms with van der Waals surface area (Å²) in [4.78, 5) is 14.8. The molecule has 2 aromatic heterocycles. The zero-order valence-corrected chi connectivity index (χ0v) is 14.0. The smallest absolute Gasteiger partial charge is 0.282 e. The van der Waals surface area contributed by atoms with Gasteiger partial charge in [-0.1, -0.05) is 35.5 Å². The molecule has 3 rings (SSSR count). The first-order valence-corrected chi connectivity index (χ1v) is 8.38. The summed E-state index contributed by atoms with van der Waals surface area (Å²) in [6.45, 7) is 5.70. The summed E-state index contributed by atoms with van der Waals surface area (Å²) in [7, 11) is 0. The van der Waals surface area contributed by atoms with E-state index in [1.165, 1.54) is 4.68 Å². The number of quaternary nitrogens is 1. The van der Waals surface area contributed by atoms with E-state index in [1.54, 1.807) is 23.5 Å². The number of hydrogen-bond donors (Lipinski definition) is 1. The summed E-state index contributed by atoms with van der Waals surface area (Å²) >= 11 is 7.53. The molecule has 2 heterocycles. The molecule has 0 spiro atoms. The van der Waals surface area contributed by atoms with Crippen LogP contribution in [0.15, 0.2) is 53.8 Å². The number of benzene rings is 1. The molecule has 0 amide bonds. The van der Waals surface area contributed by atoms with Gasteiger partial charge < -0.3 is 4.90 Å². The van der Waals surface area contributed by atoms with Crippen LogP contribution < -0.4 is 10.5 Å². The van der Waals surface area contributed by atoms with Gasteiger partial charge in [0.25, 0.3) is 5.56 Å². The third-order valence-electron chi connectivity index (χ3n) is 3.49. The van der Waals surface area contributed by atoms with E-state index in [1.807, 2.05) is 30.3 Å². The van der Waals surface area contributed by atoms with Gasteiger partial charge in [-0.3, -0.25) is 4.79 Å². The predicted octanol–water partition coefficient (Wildman–Crippen LogP) is 1.73. The molecule has 1 N–H and O–H groups in total.